The molecule has 0 saturated carbocycles. The third-order valence-electron chi connectivity index (χ3n) is 2.22. The van der Waals surface area contributed by atoms with Crippen LogP contribution in [-0.2, 0) is 9.84 Å². The molecule has 2 aromatic rings. The Hall–Kier alpha value is -1.04. The Morgan fingerprint density at radius 2 is 1.83 bits per heavy atom. The molecular weight excluding hydrogens is 292 g/mol. The van der Waals surface area contributed by atoms with E-state index in [1.165, 1.54) is 6.07 Å². The largest absolute Gasteiger partial charge is 0.493 e. The fourth-order valence-electron chi connectivity index (χ4n) is 1.35. The maximum absolute atomic E-state index is 11.9. The van der Waals surface area contributed by atoms with Crippen molar-refractivity contribution in [1.82, 2.24) is 0 Å². The van der Waals surface area contributed by atoms with E-state index < -0.39 is 9.84 Å². The molecule has 0 aliphatic carbocycles. The third kappa shape index (κ3) is 3.48. The summed E-state index contributed by atoms with van der Waals surface area (Å²) in [5, 5.41) is 0. The molecule has 0 N–H and O–H groups in total. The van der Waals surface area contributed by atoms with Gasteiger partial charge in [-0.25, -0.2) is 8.42 Å². The predicted octanol–water partition coefficient (Wildman–Crippen LogP) is 3.25. The maximum atomic E-state index is 11.9. The lowest BCUT2D eigenvalue weighted by Crippen LogP contribution is -2.13. The highest BCUT2D eigenvalue weighted by atomic mass is 35.5. The summed E-state index contributed by atoms with van der Waals surface area (Å²) in [7, 11) is -3.30. The maximum Gasteiger partial charge on any atom is 0.191 e. The van der Waals surface area contributed by atoms with E-state index in [9.17, 15) is 8.42 Å². The molecule has 0 atom stereocenters. The molecule has 6 heteroatoms. The first kappa shape index (κ1) is 13.4. The van der Waals surface area contributed by atoms with Crippen LogP contribution in [-0.4, -0.2) is 20.8 Å². The van der Waals surface area contributed by atoms with E-state index in [2.05, 4.69) is 0 Å². The van der Waals surface area contributed by atoms with Crippen molar-refractivity contribution in [3.63, 3.8) is 0 Å². The summed E-state index contributed by atoms with van der Waals surface area (Å²) in [6.07, 6.45) is 0. The lowest BCUT2D eigenvalue weighted by atomic mass is 10.3. The van der Waals surface area contributed by atoms with E-state index in [1.807, 2.05) is 18.2 Å². The normalized spacial score (nSPS) is 11.4. The third-order valence-corrected chi connectivity index (χ3v) is 5.71. The second-order valence-electron chi connectivity index (χ2n) is 3.54. The average Bonchev–Trinajstić information content (AvgIpc) is 2.78. The molecule has 0 spiro atoms. The highest BCUT2D eigenvalue weighted by Crippen LogP contribution is 2.26. The Morgan fingerprint density at radius 3 is 2.44 bits per heavy atom. The van der Waals surface area contributed by atoms with Gasteiger partial charge in [-0.15, -0.1) is 11.3 Å². The van der Waals surface area contributed by atoms with Crippen molar-refractivity contribution in [2.75, 3.05) is 12.4 Å². The molecule has 0 aliphatic rings. The van der Waals surface area contributed by atoms with Gasteiger partial charge in [0.05, 0.1) is 10.1 Å². The number of rotatable bonds is 5. The van der Waals surface area contributed by atoms with Crippen molar-refractivity contribution in [3.05, 3.63) is 46.8 Å². The van der Waals surface area contributed by atoms with Crippen LogP contribution < -0.4 is 4.74 Å². The van der Waals surface area contributed by atoms with Crippen molar-refractivity contribution in [1.29, 1.82) is 0 Å². The first-order valence-electron chi connectivity index (χ1n) is 5.24. The zero-order chi connectivity index (χ0) is 13.0. The Labute approximate surface area is 115 Å². The first-order chi connectivity index (χ1) is 8.58. The summed E-state index contributed by atoms with van der Waals surface area (Å²) in [6.45, 7) is 0.127. The number of thiophene rings is 1. The average molecular weight is 303 g/mol. The zero-order valence-electron chi connectivity index (χ0n) is 9.37. The molecule has 3 nitrogen and oxygen atoms in total. The molecule has 0 fully saturated rings. The van der Waals surface area contributed by atoms with Gasteiger partial charge in [0.25, 0.3) is 0 Å². The summed E-state index contributed by atoms with van der Waals surface area (Å²) in [4.78, 5) is 0. The van der Waals surface area contributed by atoms with Gasteiger partial charge in [0.1, 0.15) is 16.6 Å². The van der Waals surface area contributed by atoms with E-state index in [1.54, 1.807) is 18.2 Å². The topological polar surface area (TPSA) is 43.4 Å². The van der Waals surface area contributed by atoms with Crippen LogP contribution in [0.25, 0.3) is 0 Å². The number of ether oxygens (including phenoxy) is 1. The van der Waals surface area contributed by atoms with E-state index in [4.69, 9.17) is 16.3 Å². The van der Waals surface area contributed by atoms with Crippen LogP contribution in [0.15, 0.2) is 46.7 Å². The summed E-state index contributed by atoms with van der Waals surface area (Å²) in [6, 6.07) is 12.2. The minimum absolute atomic E-state index is 0.0568. The molecular formula is C12H11ClO3S2. The van der Waals surface area contributed by atoms with E-state index in [0.29, 0.717) is 10.1 Å². The number of sulfone groups is 1. The molecule has 1 heterocycles. The highest BCUT2D eigenvalue weighted by molar-refractivity contribution is 7.93. The molecule has 96 valence electrons. The minimum Gasteiger partial charge on any atom is -0.493 e. The van der Waals surface area contributed by atoms with Gasteiger partial charge < -0.3 is 4.74 Å². The number of para-hydroxylation sites is 1. The van der Waals surface area contributed by atoms with E-state index >= 15 is 0 Å². The number of hydrogen-bond acceptors (Lipinski definition) is 4. The van der Waals surface area contributed by atoms with Gasteiger partial charge in [0.2, 0.25) is 0 Å². The van der Waals surface area contributed by atoms with Crippen molar-refractivity contribution in [2.45, 2.75) is 4.21 Å². The minimum atomic E-state index is -3.30. The fraction of sp³-hybridized carbons (Fsp3) is 0.167. The molecule has 0 aliphatic heterocycles. The molecule has 0 bridgehead atoms. The molecule has 1 aromatic carbocycles. The van der Waals surface area contributed by atoms with Crippen LogP contribution in [0.4, 0.5) is 0 Å². The Bertz CT molecular complexity index is 605. The van der Waals surface area contributed by atoms with E-state index in [-0.39, 0.29) is 16.6 Å². The standard InChI is InChI=1S/C12H11ClO3S2/c13-11-6-7-12(17-11)18(14,15)9-8-16-10-4-2-1-3-5-10/h1-7H,8-9H2. The fourth-order valence-corrected chi connectivity index (χ4v) is 4.07. The molecule has 0 radical (unpaired) electrons. The second kappa shape index (κ2) is 5.73. The lowest BCUT2D eigenvalue weighted by Gasteiger charge is -2.05. The number of halogens is 1. The molecule has 0 amide bonds. The predicted molar refractivity (Wildman–Crippen MR) is 73.3 cm³/mol. The first-order valence-corrected chi connectivity index (χ1v) is 8.08. The van der Waals surface area contributed by atoms with Crippen LogP contribution in [0.1, 0.15) is 0 Å². The van der Waals surface area contributed by atoms with Crippen molar-refractivity contribution in [3.8, 4) is 5.75 Å². The van der Waals surface area contributed by atoms with Gasteiger partial charge in [-0.1, -0.05) is 29.8 Å². The molecule has 1 aromatic heterocycles. The Balaban J connectivity index is 1.94. The van der Waals surface area contributed by atoms with Crippen molar-refractivity contribution in [2.24, 2.45) is 0 Å². The summed E-state index contributed by atoms with van der Waals surface area (Å²) in [5.74, 6) is 0.607. The van der Waals surface area contributed by atoms with Crippen molar-refractivity contribution >= 4 is 32.8 Å². The Kier molecular flexibility index (Phi) is 4.27. The molecule has 18 heavy (non-hydrogen) atoms. The summed E-state index contributed by atoms with van der Waals surface area (Å²) >= 11 is 6.78. The zero-order valence-corrected chi connectivity index (χ0v) is 11.8. The monoisotopic (exact) mass is 302 g/mol. The van der Waals surface area contributed by atoms with Crippen LogP contribution in [0, 0.1) is 0 Å². The van der Waals surface area contributed by atoms with Crippen LogP contribution in [0.2, 0.25) is 4.34 Å². The van der Waals surface area contributed by atoms with Gasteiger partial charge in [-0.2, -0.15) is 0 Å². The van der Waals surface area contributed by atoms with E-state index in [0.717, 1.165) is 11.3 Å². The smallest absolute Gasteiger partial charge is 0.191 e. The number of hydrogen-bond donors (Lipinski definition) is 0. The lowest BCUT2D eigenvalue weighted by molar-refractivity contribution is 0.341. The highest BCUT2D eigenvalue weighted by Gasteiger charge is 2.16. The van der Waals surface area contributed by atoms with Gasteiger partial charge in [-0.05, 0) is 24.3 Å². The van der Waals surface area contributed by atoms with Gasteiger partial charge in [-0.3, -0.25) is 0 Å². The SMILES string of the molecule is O=S(=O)(CCOc1ccccc1)c1ccc(Cl)s1. The second-order valence-corrected chi connectivity index (χ2v) is 7.59. The van der Waals surface area contributed by atoms with Crippen LogP contribution in [0.3, 0.4) is 0 Å². The molecule has 2 rings (SSSR count). The van der Waals surface area contributed by atoms with Gasteiger partial charge in [0.15, 0.2) is 9.84 Å². The molecule has 0 saturated heterocycles. The number of benzene rings is 1. The summed E-state index contributed by atoms with van der Waals surface area (Å²) < 4.78 is 29.9. The quantitative estimate of drug-likeness (QED) is 0.851. The van der Waals surface area contributed by atoms with Gasteiger partial charge in [0, 0.05) is 0 Å². The van der Waals surface area contributed by atoms with Crippen molar-refractivity contribution < 1.29 is 13.2 Å². The van der Waals surface area contributed by atoms with Crippen LogP contribution in [0.5, 0.6) is 5.75 Å². The van der Waals surface area contributed by atoms with Crippen LogP contribution >= 0.6 is 22.9 Å². The Morgan fingerprint density at radius 1 is 1.11 bits per heavy atom. The summed E-state index contributed by atoms with van der Waals surface area (Å²) in [5.41, 5.74) is 0. The molecule has 0 unspecified atom stereocenters. The van der Waals surface area contributed by atoms with Gasteiger partial charge >= 0.3 is 0 Å².